The molecule has 2 heterocycles. The summed E-state index contributed by atoms with van der Waals surface area (Å²) in [5.74, 6) is 1.34. The number of halogens is 1. The van der Waals surface area contributed by atoms with Crippen molar-refractivity contribution in [2.75, 3.05) is 13.1 Å². The quantitative estimate of drug-likeness (QED) is 0.899. The average Bonchev–Trinajstić information content (AvgIpc) is 2.78. The maximum absolute atomic E-state index is 13.5. The van der Waals surface area contributed by atoms with Gasteiger partial charge in [0.2, 0.25) is 0 Å². The lowest BCUT2D eigenvalue weighted by molar-refractivity contribution is 0.425. The molecule has 0 spiro atoms. The molecule has 0 saturated carbocycles. The molecule has 2 aromatic rings. The lowest BCUT2D eigenvalue weighted by Crippen LogP contribution is -2.30. The van der Waals surface area contributed by atoms with Gasteiger partial charge >= 0.3 is 0 Å². The molecule has 1 aromatic heterocycles. The zero-order chi connectivity index (χ0) is 13.4. The Labute approximate surface area is 112 Å². The summed E-state index contributed by atoms with van der Waals surface area (Å²) in [6, 6.07) is 5.16. The molecule has 4 heteroatoms. The van der Waals surface area contributed by atoms with Crippen LogP contribution in [0.4, 0.5) is 4.39 Å². The van der Waals surface area contributed by atoms with E-state index in [-0.39, 0.29) is 5.82 Å². The molecular weight excluding hydrogens is 241 g/mol. The van der Waals surface area contributed by atoms with Crippen molar-refractivity contribution >= 4 is 11.0 Å². The van der Waals surface area contributed by atoms with E-state index in [1.165, 1.54) is 12.5 Å². The maximum atomic E-state index is 13.5. The van der Waals surface area contributed by atoms with Gasteiger partial charge in [-0.05, 0) is 51.4 Å². The largest absolute Gasteiger partial charge is 0.325 e. The van der Waals surface area contributed by atoms with Crippen molar-refractivity contribution in [1.29, 1.82) is 0 Å². The zero-order valence-electron chi connectivity index (χ0n) is 11.5. The third-order valence-electron chi connectivity index (χ3n) is 3.86. The number of piperidine rings is 1. The first-order chi connectivity index (χ1) is 9.16. The van der Waals surface area contributed by atoms with Crippen molar-refractivity contribution in [1.82, 2.24) is 14.9 Å². The van der Waals surface area contributed by atoms with E-state index < -0.39 is 0 Å². The van der Waals surface area contributed by atoms with E-state index in [1.54, 1.807) is 12.1 Å². The molecule has 1 aromatic carbocycles. The molecular formula is C15H20FN3. The Morgan fingerprint density at radius 2 is 2.26 bits per heavy atom. The van der Waals surface area contributed by atoms with Gasteiger partial charge in [0, 0.05) is 18.5 Å². The molecule has 1 unspecified atom stereocenters. The van der Waals surface area contributed by atoms with Crippen LogP contribution in [0.25, 0.3) is 11.0 Å². The first-order valence-electron chi connectivity index (χ1n) is 7.05. The Balaban J connectivity index is 2.14. The summed E-state index contributed by atoms with van der Waals surface area (Å²) in [7, 11) is 0. The second-order valence-corrected chi connectivity index (χ2v) is 5.61. The Hall–Kier alpha value is -1.42. The van der Waals surface area contributed by atoms with Crippen molar-refractivity contribution in [2.45, 2.75) is 38.6 Å². The molecule has 19 heavy (non-hydrogen) atoms. The Bertz CT molecular complexity index is 582. The number of fused-ring (bicyclic) bond motifs is 1. The standard InChI is InChI=1S/C15H20FN3/c1-10(2)19-14-8-12(16)5-6-13(14)18-15(19)11-4-3-7-17-9-11/h5-6,8,10-11,17H,3-4,7,9H2,1-2H3. The van der Waals surface area contributed by atoms with E-state index in [0.29, 0.717) is 12.0 Å². The van der Waals surface area contributed by atoms with E-state index in [0.717, 1.165) is 36.4 Å². The van der Waals surface area contributed by atoms with Crippen molar-refractivity contribution in [3.8, 4) is 0 Å². The molecule has 0 aliphatic carbocycles. The van der Waals surface area contributed by atoms with Gasteiger partial charge in [-0.3, -0.25) is 0 Å². The number of hydrogen-bond donors (Lipinski definition) is 1. The van der Waals surface area contributed by atoms with E-state index in [4.69, 9.17) is 4.98 Å². The highest BCUT2D eigenvalue weighted by molar-refractivity contribution is 5.76. The predicted octanol–water partition coefficient (Wildman–Crippen LogP) is 3.22. The summed E-state index contributed by atoms with van der Waals surface area (Å²) >= 11 is 0. The number of rotatable bonds is 2. The van der Waals surface area contributed by atoms with Gasteiger partial charge in [0.25, 0.3) is 0 Å². The number of nitrogens with zero attached hydrogens (tertiary/aromatic N) is 2. The van der Waals surface area contributed by atoms with Gasteiger partial charge in [0.05, 0.1) is 11.0 Å². The molecule has 1 atom stereocenters. The fourth-order valence-corrected chi connectivity index (χ4v) is 2.99. The summed E-state index contributed by atoms with van der Waals surface area (Å²) in [4.78, 5) is 4.76. The van der Waals surface area contributed by atoms with Gasteiger partial charge in [-0.1, -0.05) is 0 Å². The van der Waals surface area contributed by atoms with E-state index in [2.05, 4.69) is 23.7 Å². The van der Waals surface area contributed by atoms with Gasteiger partial charge in [0.1, 0.15) is 11.6 Å². The summed E-state index contributed by atoms with van der Waals surface area (Å²) in [6.07, 6.45) is 2.34. The number of imidazole rings is 1. The third kappa shape index (κ3) is 2.25. The molecule has 3 rings (SSSR count). The van der Waals surface area contributed by atoms with Crippen LogP contribution in [0.2, 0.25) is 0 Å². The third-order valence-corrected chi connectivity index (χ3v) is 3.86. The Morgan fingerprint density at radius 1 is 1.42 bits per heavy atom. The second-order valence-electron chi connectivity index (χ2n) is 5.61. The topological polar surface area (TPSA) is 29.9 Å². The Morgan fingerprint density at radius 3 is 2.95 bits per heavy atom. The zero-order valence-corrected chi connectivity index (χ0v) is 11.5. The molecule has 1 saturated heterocycles. The van der Waals surface area contributed by atoms with Gasteiger partial charge in [-0.2, -0.15) is 0 Å². The molecule has 3 nitrogen and oxygen atoms in total. The van der Waals surface area contributed by atoms with Gasteiger partial charge in [-0.15, -0.1) is 0 Å². The molecule has 1 fully saturated rings. The molecule has 1 aliphatic rings. The SMILES string of the molecule is CC(C)n1c(C2CCCNC2)nc2ccc(F)cc21. The average molecular weight is 261 g/mol. The molecule has 102 valence electrons. The lowest BCUT2D eigenvalue weighted by Gasteiger charge is -2.24. The van der Waals surface area contributed by atoms with Gasteiger partial charge < -0.3 is 9.88 Å². The maximum Gasteiger partial charge on any atom is 0.125 e. The van der Waals surface area contributed by atoms with Crippen LogP contribution >= 0.6 is 0 Å². The predicted molar refractivity (Wildman–Crippen MR) is 74.9 cm³/mol. The van der Waals surface area contributed by atoms with Crippen LogP contribution in [-0.2, 0) is 0 Å². The smallest absolute Gasteiger partial charge is 0.125 e. The fourth-order valence-electron chi connectivity index (χ4n) is 2.99. The lowest BCUT2D eigenvalue weighted by atomic mass is 9.98. The highest BCUT2D eigenvalue weighted by Crippen LogP contribution is 2.29. The van der Waals surface area contributed by atoms with Crippen molar-refractivity contribution in [2.24, 2.45) is 0 Å². The summed E-state index contributed by atoms with van der Waals surface area (Å²) < 4.78 is 15.7. The summed E-state index contributed by atoms with van der Waals surface area (Å²) in [6.45, 7) is 6.32. The van der Waals surface area contributed by atoms with Crippen molar-refractivity contribution in [3.63, 3.8) is 0 Å². The normalized spacial score (nSPS) is 20.3. The minimum absolute atomic E-state index is 0.192. The highest BCUT2D eigenvalue weighted by Gasteiger charge is 2.23. The van der Waals surface area contributed by atoms with Crippen LogP contribution in [0.3, 0.4) is 0 Å². The van der Waals surface area contributed by atoms with Crippen molar-refractivity contribution in [3.05, 3.63) is 29.8 Å². The van der Waals surface area contributed by atoms with Gasteiger partial charge in [0.15, 0.2) is 0 Å². The number of hydrogen-bond acceptors (Lipinski definition) is 2. The monoisotopic (exact) mass is 261 g/mol. The van der Waals surface area contributed by atoms with Crippen LogP contribution < -0.4 is 5.32 Å². The number of benzene rings is 1. The van der Waals surface area contributed by atoms with Crippen LogP contribution in [0.15, 0.2) is 18.2 Å². The minimum Gasteiger partial charge on any atom is -0.325 e. The molecule has 1 N–H and O–H groups in total. The fraction of sp³-hybridized carbons (Fsp3) is 0.533. The van der Waals surface area contributed by atoms with Crippen LogP contribution in [0, 0.1) is 5.82 Å². The Kier molecular flexibility index (Phi) is 3.27. The second kappa shape index (κ2) is 4.93. The molecule has 0 amide bonds. The van der Waals surface area contributed by atoms with Crippen LogP contribution in [-0.4, -0.2) is 22.6 Å². The summed E-state index contributed by atoms with van der Waals surface area (Å²) in [5, 5.41) is 3.43. The van der Waals surface area contributed by atoms with Crippen molar-refractivity contribution < 1.29 is 4.39 Å². The van der Waals surface area contributed by atoms with Crippen LogP contribution in [0.5, 0.6) is 0 Å². The summed E-state index contributed by atoms with van der Waals surface area (Å²) in [5.41, 5.74) is 1.81. The highest BCUT2D eigenvalue weighted by atomic mass is 19.1. The first kappa shape index (κ1) is 12.6. The number of aromatic nitrogens is 2. The molecule has 0 bridgehead atoms. The molecule has 1 aliphatic heterocycles. The minimum atomic E-state index is -0.192. The van der Waals surface area contributed by atoms with E-state index >= 15 is 0 Å². The number of nitrogens with one attached hydrogen (secondary N) is 1. The molecule has 0 radical (unpaired) electrons. The van der Waals surface area contributed by atoms with E-state index in [1.807, 2.05) is 0 Å². The van der Waals surface area contributed by atoms with Crippen LogP contribution in [0.1, 0.15) is 44.5 Å². The first-order valence-corrected chi connectivity index (χ1v) is 7.05. The van der Waals surface area contributed by atoms with E-state index in [9.17, 15) is 4.39 Å². The van der Waals surface area contributed by atoms with Gasteiger partial charge in [-0.25, -0.2) is 9.37 Å².